The first-order valence-electron chi connectivity index (χ1n) is 8.78. The molecule has 0 spiro atoms. The lowest BCUT2D eigenvalue weighted by Crippen LogP contribution is -2.48. The maximum atomic E-state index is 12.8. The zero-order valence-corrected chi connectivity index (χ0v) is 16.1. The van der Waals surface area contributed by atoms with Gasteiger partial charge in [-0.15, -0.1) is 0 Å². The minimum Gasteiger partial charge on any atom is -0.491 e. The first kappa shape index (κ1) is 19.2. The number of ether oxygens (including phenoxy) is 1. The molecule has 1 aliphatic heterocycles. The fourth-order valence-electron chi connectivity index (χ4n) is 2.75. The summed E-state index contributed by atoms with van der Waals surface area (Å²) in [4.78, 5) is 2.69. The highest BCUT2D eigenvalue weighted by Gasteiger charge is 2.28. The number of hydrogen-bond acceptors (Lipinski definition) is 4. The molecule has 24 heavy (non-hydrogen) atoms. The molecule has 2 rings (SSSR count). The molecule has 1 aromatic carbocycles. The van der Waals surface area contributed by atoms with E-state index in [2.05, 4.69) is 18.7 Å². The zero-order chi connectivity index (χ0) is 17.7. The van der Waals surface area contributed by atoms with Crippen LogP contribution < -0.4 is 4.74 Å². The number of rotatable bonds is 7. The normalized spacial score (nSPS) is 17.6. The highest BCUT2D eigenvalue weighted by atomic mass is 32.2. The van der Waals surface area contributed by atoms with Crippen molar-refractivity contribution in [2.24, 2.45) is 5.92 Å². The summed E-state index contributed by atoms with van der Waals surface area (Å²) in [5.41, 5.74) is 0. The molecule has 136 valence electrons. The summed E-state index contributed by atoms with van der Waals surface area (Å²) in [6.45, 7) is 12.1. The number of hydrogen-bond donors (Lipinski definition) is 0. The maximum Gasteiger partial charge on any atom is 0.243 e. The fraction of sp³-hybridized carbons (Fsp3) is 0.667. The van der Waals surface area contributed by atoms with Crippen molar-refractivity contribution in [3.63, 3.8) is 0 Å². The van der Waals surface area contributed by atoms with Crippen molar-refractivity contribution >= 4 is 10.0 Å². The quantitative estimate of drug-likeness (QED) is 0.755. The predicted molar refractivity (Wildman–Crippen MR) is 96.9 cm³/mol. The van der Waals surface area contributed by atoms with Gasteiger partial charge in [0.2, 0.25) is 10.0 Å². The van der Waals surface area contributed by atoms with E-state index in [0.717, 1.165) is 26.1 Å². The third-order valence-corrected chi connectivity index (χ3v) is 6.10. The molecule has 0 saturated carbocycles. The van der Waals surface area contributed by atoms with Crippen molar-refractivity contribution in [2.45, 2.75) is 45.1 Å². The molecule has 0 N–H and O–H groups in total. The van der Waals surface area contributed by atoms with E-state index >= 15 is 0 Å². The van der Waals surface area contributed by atoms with Crippen LogP contribution in [0, 0.1) is 5.92 Å². The minimum absolute atomic E-state index is 0.0753. The third-order valence-electron chi connectivity index (χ3n) is 4.19. The molecule has 0 bridgehead atoms. The third kappa shape index (κ3) is 5.19. The van der Waals surface area contributed by atoms with Crippen LogP contribution in [0.3, 0.4) is 0 Å². The lowest BCUT2D eigenvalue weighted by Gasteiger charge is -2.34. The molecule has 6 heteroatoms. The summed E-state index contributed by atoms with van der Waals surface area (Å²) in [5, 5.41) is 0. The molecule has 1 aromatic rings. The van der Waals surface area contributed by atoms with Crippen LogP contribution in [-0.2, 0) is 10.0 Å². The second kappa shape index (κ2) is 8.32. The van der Waals surface area contributed by atoms with Crippen molar-refractivity contribution in [1.29, 1.82) is 0 Å². The average Bonchev–Trinajstić information content (AvgIpc) is 2.53. The number of piperazine rings is 1. The summed E-state index contributed by atoms with van der Waals surface area (Å²) in [6, 6.07) is 6.73. The maximum absolute atomic E-state index is 12.8. The topological polar surface area (TPSA) is 49.9 Å². The Bertz CT molecular complexity index is 604. The van der Waals surface area contributed by atoms with Gasteiger partial charge in [-0.25, -0.2) is 8.42 Å². The Morgan fingerprint density at radius 2 is 1.58 bits per heavy atom. The van der Waals surface area contributed by atoms with E-state index in [9.17, 15) is 8.42 Å². The van der Waals surface area contributed by atoms with E-state index in [0.29, 0.717) is 29.7 Å². The second-order valence-corrected chi connectivity index (χ2v) is 9.00. The molecular weight excluding hydrogens is 324 g/mol. The monoisotopic (exact) mass is 354 g/mol. The predicted octanol–water partition coefficient (Wildman–Crippen LogP) is 2.83. The van der Waals surface area contributed by atoms with Gasteiger partial charge in [0.25, 0.3) is 0 Å². The first-order valence-corrected chi connectivity index (χ1v) is 10.2. The lowest BCUT2D eigenvalue weighted by atomic mass is 10.1. The van der Waals surface area contributed by atoms with Crippen molar-refractivity contribution < 1.29 is 13.2 Å². The molecule has 5 nitrogen and oxygen atoms in total. The SMILES string of the molecule is CC(C)CCN1CCN(S(=O)(=O)c2ccc(OC(C)C)cc2)CC1. The first-order chi connectivity index (χ1) is 11.3. The molecule has 0 atom stereocenters. The van der Waals surface area contributed by atoms with Crippen molar-refractivity contribution in [2.75, 3.05) is 32.7 Å². The van der Waals surface area contributed by atoms with Gasteiger partial charge in [-0.1, -0.05) is 13.8 Å². The molecule has 1 heterocycles. The molecule has 0 aliphatic carbocycles. The van der Waals surface area contributed by atoms with Gasteiger partial charge in [0.05, 0.1) is 11.0 Å². The van der Waals surface area contributed by atoms with E-state index in [1.165, 1.54) is 0 Å². The van der Waals surface area contributed by atoms with E-state index in [4.69, 9.17) is 4.74 Å². The Balaban J connectivity index is 1.96. The van der Waals surface area contributed by atoms with Gasteiger partial charge in [0.15, 0.2) is 0 Å². The summed E-state index contributed by atoms with van der Waals surface area (Å²) < 4.78 is 32.7. The van der Waals surface area contributed by atoms with Crippen LogP contribution in [-0.4, -0.2) is 56.5 Å². The van der Waals surface area contributed by atoms with Crippen LogP contribution in [0.2, 0.25) is 0 Å². The Morgan fingerprint density at radius 3 is 2.08 bits per heavy atom. The van der Waals surface area contributed by atoms with Gasteiger partial charge in [-0.3, -0.25) is 0 Å². The van der Waals surface area contributed by atoms with Crippen LogP contribution in [0.4, 0.5) is 0 Å². The van der Waals surface area contributed by atoms with Gasteiger partial charge in [0, 0.05) is 26.2 Å². The Kier molecular flexibility index (Phi) is 6.66. The highest BCUT2D eigenvalue weighted by molar-refractivity contribution is 7.89. The van der Waals surface area contributed by atoms with E-state index in [1.54, 1.807) is 28.6 Å². The zero-order valence-electron chi connectivity index (χ0n) is 15.2. The van der Waals surface area contributed by atoms with E-state index in [1.807, 2.05) is 13.8 Å². The highest BCUT2D eigenvalue weighted by Crippen LogP contribution is 2.21. The van der Waals surface area contributed by atoms with Crippen molar-refractivity contribution in [1.82, 2.24) is 9.21 Å². The van der Waals surface area contributed by atoms with Gasteiger partial charge < -0.3 is 9.64 Å². The van der Waals surface area contributed by atoms with Crippen LogP contribution >= 0.6 is 0 Å². The standard InChI is InChI=1S/C18H30N2O3S/c1-15(2)9-10-19-11-13-20(14-12-19)24(21,22)18-7-5-17(6-8-18)23-16(3)4/h5-8,15-16H,9-14H2,1-4H3. The lowest BCUT2D eigenvalue weighted by molar-refractivity contribution is 0.180. The summed E-state index contributed by atoms with van der Waals surface area (Å²) in [5.74, 6) is 1.38. The average molecular weight is 355 g/mol. The molecule has 0 amide bonds. The number of sulfonamides is 1. The van der Waals surface area contributed by atoms with Gasteiger partial charge in [-0.2, -0.15) is 4.31 Å². The summed E-state index contributed by atoms with van der Waals surface area (Å²) >= 11 is 0. The number of benzene rings is 1. The second-order valence-electron chi connectivity index (χ2n) is 7.07. The van der Waals surface area contributed by atoms with Crippen LogP contribution in [0.25, 0.3) is 0 Å². The molecule has 0 aromatic heterocycles. The molecule has 0 radical (unpaired) electrons. The van der Waals surface area contributed by atoms with Crippen LogP contribution in [0.15, 0.2) is 29.2 Å². The van der Waals surface area contributed by atoms with Gasteiger partial charge >= 0.3 is 0 Å². The number of nitrogens with zero attached hydrogens (tertiary/aromatic N) is 2. The largest absolute Gasteiger partial charge is 0.491 e. The smallest absolute Gasteiger partial charge is 0.243 e. The summed E-state index contributed by atoms with van der Waals surface area (Å²) in [6.07, 6.45) is 1.23. The fourth-order valence-corrected chi connectivity index (χ4v) is 4.17. The summed E-state index contributed by atoms with van der Waals surface area (Å²) in [7, 11) is -3.41. The molecular formula is C18H30N2O3S. The van der Waals surface area contributed by atoms with Crippen LogP contribution in [0.5, 0.6) is 5.75 Å². The van der Waals surface area contributed by atoms with Gasteiger partial charge in [-0.05, 0) is 57.0 Å². The minimum atomic E-state index is -3.41. The van der Waals surface area contributed by atoms with Crippen molar-refractivity contribution in [3.05, 3.63) is 24.3 Å². The van der Waals surface area contributed by atoms with Gasteiger partial charge in [0.1, 0.15) is 5.75 Å². The molecule has 1 saturated heterocycles. The van der Waals surface area contributed by atoms with E-state index in [-0.39, 0.29) is 6.10 Å². The Hall–Kier alpha value is -1.11. The Morgan fingerprint density at radius 1 is 1.00 bits per heavy atom. The van der Waals surface area contributed by atoms with Crippen molar-refractivity contribution in [3.8, 4) is 5.75 Å². The van der Waals surface area contributed by atoms with Crippen LogP contribution in [0.1, 0.15) is 34.1 Å². The molecule has 1 aliphatic rings. The molecule has 0 unspecified atom stereocenters. The molecule has 1 fully saturated rings. The van der Waals surface area contributed by atoms with E-state index < -0.39 is 10.0 Å². The Labute approximate surface area is 146 Å².